The summed E-state index contributed by atoms with van der Waals surface area (Å²) in [6, 6.07) is 12.4. The Hall–Kier alpha value is -3.40. The van der Waals surface area contributed by atoms with E-state index >= 15 is 0 Å². The van der Waals surface area contributed by atoms with E-state index in [0.29, 0.717) is 12.8 Å². The zero-order valence-corrected chi connectivity index (χ0v) is 16.1. The summed E-state index contributed by atoms with van der Waals surface area (Å²) in [5.41, 5.74) is 2.84. The number of nitrogens with zero attached hydrogens (tertiary/aromatic N) is 5. The summed E-state index contributed by atoms with van der Waals surface area (Å²) in [6.45, 7) is 1.61. The van der Waals surface area contributed by atoms with E-state index in [1.54, 1.807) is 6.33 Å². The van der Waals surface area contributed by atoms with Gasteiger partial charge in [0.15, 0.2) is 0 Å². The summed E-state index contributed by atoms with van der Waals surface area (Å²) < 4.78 is 0. The number of aromatic amines is 1. The van der Waals surface area contributed by atoms with Crippen molar-refractivity contribution < 1.29 is 4.79 Å². The third-order valence-electron chi connectivity index (χ3n) is 6.06. The highest BCUT2D eigenvalue weighted by molar-refractivity contribution is 5.87. The van der Waals surface area contributed by atoms with Gasteiger partial charge < -0.3 is 14.8 Å². The molecule has 0 spiro atoms. The van der Waals surface area contributed by atoms with Crippen LogP contribution in [-0.4, -0.2) is 50.9 Å². The Kier molecular flexibility index (Phi) is 4.39. The third kappa shape index (κ3) is 3.21. The lowest BCUT2D eigenvalue weighted by atomic mass is 10.1. The van der Waals surface area contributed by atoms with Crippen molar-refractivity contribution in [3.05, 3.63) is 54.0 Å². The molecule has 7 nitrogen and oxygen atoms in total. The van der Waals surface area contributed by atoms with Gasteiger partial charge in [-0.1, -0.05) is 24.3 Å². The number of piperazine rings is 1. The monoisotopic (exact) mass is 386 g/mol. The van der Waals surface area contributed by atoms with Crippen LogP contribution in [0.15, 0.2) is 42.9 Å². The average Bonchev–Trinajstić information content (AvgIpc) is 3.31. The van der Waals surface area contributed by atoms with Gasteiger partial charge in [0.25, 0.3) is 0 Å². The van der Waals surface area contributed by atoms with Crippen molar-refractivity contribution in [1.82, 2.24) is 19.9 Å². The maximum Gasteiger partial charge on any atom is 0.227 e. The molecular formula is C22H22N6O. The van der Waals surface area contributed by atoms with Gasteiger partial charge in [0, 0.05) is 31.4 Å². The van der Waals surface area contributed by atoms with E-state index in [1.165, 1.54) is 0 Å². The van der Waals surface area contributed by atoms with Crippen LogP contribution in [0.25, 0.3) is 11.0 Å². The Labute approximate surface area is 169 Å². The fourth-order valence-corrected chi connectivity index (χ4v) is 4.73. The number of hydrogen-bond donors (Lipinski definition) is 1. The second-order valence-corrected chi connectivity index (χ2v) is 7.86. The van der Waals surface area contributed by atoms with Gasteiger partial charge >= 0.3 is 0 Å². The number of H-pyrrole nitrogens is 1. The van der Waals surface area contributed by atoms with Gasteiger partial charge in [-0.2, -0.15) is 5.26 Å². The van der Waals surface area contributed by atoms with Crippen molar-refractivity contribution in [2.75, 3.05) is 18.0 Å². The molecule has 1 amide bonds. The Morgan fingerprint density at radius 2 is 1.83 bits per heavy atom. The summed E-state index contributed by atoms with van der Waals surface area (Å²) in [5, 5.41) is 9.83. The molecule has 5 rings (SSSR count). The zero-order valence-electron chi connectivity index (χ0n) is 16.1. The number of nitriles is 1. The molecule has 7 heteroatoms. The molecule has 4 heterocycles. The normalized spacial score (nSPS) is 20.8. The first-order chi connectivity index (χ1) is 14.2. The lowest BCUT2D eigenvalue weighted by Crippen LogP contribution is -2.56. The molecule has 146 valence electrons. The van der Waals surface area contributed by atoms with Gasteiger partial charge in [0.05, 0.1) is 24.3 Å². The lowest BCUT2D eigenvalue weighted by Gasteiger charge is -2.41. The van der Waals surface area contributed by atoms with Gasteiger partial charge in [-0.05, 0) is 30.0 Å². The number of carbonyl (C=O) groups excluding carboxylic acids is 1. The minimum atomic E-state index is 0.194. The number of nitrogens with one attached hydrogen (secondary N) is 1. The Morgan fingerprint density at radius 3 is 2.55 bits per heavy atom. The van der Waals surface area contributed by atoms with Crippen LogP contribution >= 0.6 is 0 Å². The smallest absolute Gasteiger partial charge is 0.227 e. The predicted molar refractivity (Wildman–Crippen MR) is 109 cm³/mol. The summed E-state index contributed by atoms with van der Waals surface area (Å²) in [4.78, 5) is 29.4. The number of anilines is 1. The Bertz CT molecular complexity index is 1070. The molecule has 0 unspecified atom stereocenters. The molecule has 0 saturated carbocycles. The van der Waals surface area contributed by atoms with Crippen LogP contribution in [0.4, 0.5) is 5.82 Å². The molecule has 0 radical (unpaired) electrons. The molecule has 2 aromatic heterocycles. The van der Waals surface area contributed by atoms with Crippen molar-refractivity contribution in [2.45, 2.75) is 37.8 Å². The van der Waals surface area contributed by atoms with E-state index in [4.69, 9.17) is 5.26 Å². The van der Waals surface area contributed by atoms with Gasteiger partial charge in [-0.15, -0.1) is 0 Å². The molecule has 2 fully saturated rings. The molecule has 1 N–H and O–H groups in total. The van der Waals surface area contributed by atoms with E-state index in [0.717, 1.165) is 53.9 Å². The summed E-state index contributed by atoms with van der Waals surface area (Å²) in [6.07, 6.45) is 6.38. The zero-order chi connectivity index (χ0) is 19.8. The molecule has 2 atom stereocenters. The van der Waals surface area contributed by atoms with Crippen molar-refractivity contribution in [3.8, 4) is 6.07 Å². The van der Waals surface area contributed by atoms with Crippen LogP contribution in [0.1, 0.15) is 24.0 Å². The van der Waals surface area contributed by atoms with Crippen LogP contribution in [0, 0.1) is 11.3 Å². The average molecular weight is 386 g/mol. The standard InChI is InChI=1S/C22H22N6O/c23-9-7-15-1-3-16(4-2-15)11-20(29)28-17-5-6-18(28)13-27(12-17)22-19-8-10-24-21(19)25-14-26-22/h1-4,8,10,14,17-18H,5-7,11-13H2,(H,24,25,26)/t17-,18-/m1/s1. The van der Waals surface area contributed by atoms with E-state index < -0.39 is 0 Å². The first-order valence-corrected chi connectivity index (χ1v) is 10.0. The maximum absolute atomic E-state index is 13.1. The summed E-state index contributed by atoms with van der Waals surface area (Å²) >= 11 is 0. The van der Waals surface area contributed by atoms with E-state index in [2.05, 4.69) is 30.8 Å². The second-order valence-electron chi connectivity index (χ2n) is 7.86. The van der Waals surface area contributed by atoms with Gasteiger partial charge in [0.2, 0.25) is 5.91 Å². The minimum absolute atomic E-state index is 0.194. The number of aromatic nitrogens is 3. The topological polar surface area (TPSA) is 88.9 Å². The molecule has 2 saturated heterocycles. The van der Waals surface area contributed by atoms with Crippen LogP contribution < -0.4 is 4.90 Å². The quantitative estimate of drug-likeness (QED) is 0.744. The number of fused-ring (bicyclic) bond motifs is 3. The highest BCUT2D eigenvalue weighted by atomic mass is 16.2. The SMILES string of the molecule is N#CCc1ccc(CC(=O)N2[C@@H]3CC[C@@H]2CN(c2ncnc4[nH]ccc24)C3)cc1. The number of rotatable bonds is 4. The number of hydrogen-bond acceptors (Lipinski definition) is 5. The molecule has 0 aliphatic carbocycles. The fraction of sp³-hybridized carbons (Fsp3) is 0.364. The molecule has 2 aliphatic rings. The first-order valence-electron chi connectivity index (χ1n) is 10.0. The predicted octanol–water partition coefficient (Wildman–Crippen LogP) is 2.45. The third-order valence-corrected chi connectivity index (χ3v) is 6.06. The number of carbonyl (C=O) groups is 1. The summed E-state index contributed by atoms with van der Waals surface area (Å²) in [7, 11) is 0. The van der Waals surface area contributed by atoms with E-state index in [-0.39, 0.29) is 18.0 Å². The first kappa shape index (κ1) is 17.7. The molecular weight excluding hydrogens is 364 g/mol. The second kappa shape index (κ2) is 7.21. The molecule has 2 bridgehead atoms. The van der Waals surface area contributed by atoms with Gasteiger partial charge in [0.1, 0.15) is 17.8 Å². The maximum atomic E-state index is 13.1. The van der Waals surface area contributed by atoms with Crippen molar-refractivity contribution >= 4 is 22.8 Å². The largest absolute Gasteiger partial charge is 0.352 e. The molecule has 3 aromatic rings. The highest BCUT2D eigenvalue weighted by Crippen LogP contribution is 2.34. The number of benzene rings is 1. The minimum Gasteiger partial charge on any atom is -0.352 e. The Morgan fingerprint density at radius 1 is 1.10 bits per heavy atom. The van der Waals surface area contributed by atoms with Crippen molar-refractivity contribution in [1.29, 1.82) is 5.26 Å². The molecule has 1 aromatic carbocycles. The van der Waals surface area contributed by atoms with Crippen LogP contribution in [0.3, 0.4) is 0 Å². The fourth-order valence-electron chi connectivity index (χ4n) is 4.73. The molecule has 29 heavy (non-hydrogen) atoms. The van der Waals surface area contributed by atoms with Crippen molar-refractivity contribution in [3.63, 3.8) is 0 Å². The molecule has 2 aliphatic heterocycles. The van der Waals surface area contributed by atoms with Gasteiger partial charge in [-0.25, -0.2) is 9.97 Å². The lowest BCUT2D eigenvalue weighted by molar-refractivity contribution is -0.133. The van der Waals surface area contributed by atoms with E-state index in [9.17, 15) is 4.79 Å². The number of amides is 1. The van der Waals surface area contributed by atoms with Crippen LogP contribution in [0.5, 0.6) is 0 Å². The van der Waals surface area contributed by atoms with Gasteiger partial charge in [-0.3, -0.25) is 4.79 Å². The van der Waals surface area contributed by atoms with Crippen LogP contribution in [-0.2, 0) is 17.6 Å². The van der Waals surface area contributed by atoms with E-state index in [1.807, 2.05) is 36.5 Å². The van der Waals surface area contributed by atoms with Crippen LogP contribution in [0.2, 0.25) is 0 Å². The van der Waals surface area contributed by atoms with Crippen molar-refractivity contribution in [2.24, 2.45) is 0 Å². The highest BCUT2D eigenvalue weighted by Gasteiger charge is 2.42. The Balaban J connectivity index is 1.31. The summed E-state index contributed by atoms with van der Waals surface area (Å²) in [5.74, 6) is 1.15.